The van der Waals surface area contributed by atoms with Crippen molar-refractivity contribution in [3.05, 3.63) is 23.8 Å². The summed E-state index contributed by atoms with van der Waals surface area (Å²) in [4.78, 5) is 31.2. The molecule has 3 heterocycles. The second kappa shape index (κ2) is 19.9. The van der Waals surface area contributed by atoms with Gasteiger partial charge in [0.05, 0.1) is 43.5 Å². The molecule has 0 aromatic heterocycles. The van der Waals surface area contributed by atoms with Crippen LogP contribution in [0.2, 0.25) is 0 Å². The third kappa shape index (κ3) is 11.7. The van der Waals surface area contributed by atoms with E-state index < -0.39 is 66.8 Å². The van der Waals surface area contributed by atoms with Crippen LogP contribution in [0.25, 0.3) is 0 Å². The first kappa shape index (κ1) is 42.7. The van der Waals surface area contributed by atoms with Gasteiger partial charge in [-0.2, -0.15) is 0 Å². The molecule has 0 spiro atoms. The van der Waals surface area contributed by atoms with Crippen LogP contribution in [0.4, 0.5) is 0 Å². The zero-order chi connectivity index (χ0) is 37.3. The van der Waals surface area contributed by atoms with Crippen molar-refractivity contribution in [1.82, 2.24) is 9.80 Å². The number of rotatable bonds is 9. The first-order valence-electron chi connectivity index (χ1n) is 19.1. The van der Waals surface area contributed by atoms with E-state index in [4.69, 9.17) is 14.2 Å². The molecule has 2 fully saturated rings. The summed E-state index contributed by atoms with van der Waals surface area (Å²) in [5.41, 5.74) is 0.775. The van der Waals surface area contributed by atoms with Gasteiger partial charge in [-0.15, -0.1) is 0 Å². The first-order valence-corrected chi connectivity index (χ1v) is 19.1. The van der Waals surface area contributed by atoms with E-state index in [1.165, 1.54) is 6.42 Å². The number of likely N-dealkylation sites (tertiary alicyclic amines) is 1. The van der Waals surface area contributed by atoms with Crippen molar-refractivity contribution in [3.8, 4) is 0 Å². The number of piperidine rings is 1. The van der Waals surface area contributed by atoms with Crippen LogP contribution in [-0.2, 0) is 23.8 Å². The number of esters is 1. The van der Waals surface area contributed by atoms with Crippen LogP contribution in [0.15, 0.2) is 23.8 Å². The average molecular weight is 709 g/mol. The van der Waals surface area contributed by atoms with Crippen molar-refractivity contribution in [2.45, 2.75) is 136 Å². The highest BCUT2D eigenvalue weighted by Crippen LogP contribution is 2.35. The van der Waals surface area contributed by atoms with E-state index in [1.807, 2.05) is 52.6 Å². The van der Waals surface area contributed by atoms with Crippen molar-refractivity contribution in [1.29, 1.82) is 0 Å². The topological polar surface area (TPSA) is 149 Å². The summed E-state index contributed by atoms with van der Waals surface area (Å²) in [5, 5.41) is 44.4. The minimum atomic E-state index is -1.19. The van der Waals surface area contributed by atoms with Crippen LogP contribution in [-0.4, -0.2) is 131 Å². The maximum atomic E-state index is 13.6. The number of ketones is 1. The highest BCUT2D eigenvalue weighted by atomic mass is 16.7. The highest BCUT2D eigenvalue weighted by Gasteiger charge is 2.47. The summed E-state index contributed by atoms with van der Waals surface area (Å²) in [5.74, 6) is -1.20. The minimum Gasteiger partial charge on any atom is -0.462 e. The van der Waals surface area contributed by atoms with E-state index in [0.717, 1.165) is 25.2 Å². The molecule has 3 rings (SSSR count). The highest BCUT2D eigenvalue weighted by molar-refractivity contribution is 5.91. The standard InChI is InChI=1S/C39H68N2O9/c1-10-33-30(22-42)17-23(3)12-13-31(43)26(6)18-29(14-15-41-20-24(4)16-25(5)21-41)38(27(7)32(44)19-34(45)49-33)50-39-37(47)35(40(9)11-2)36(46)28(8)48-39/h12-13,17,24-30,32-33,35-39,42,44,46-47H,10-11,14-16,18-22H2,1-9H3/b13-12+,23-17+/t24-,25+,26-,27+,28?,29?,30-,32-,33?,35?,36?,37?,38-,39?/m1/s1. The molecule has 11 heteroatoms. The molecule has 0 radical (unpaired) electrons. The van der Waals surface area contributed by atoms with Gasteiger partial charge in [-0.1, -0.05) is 59.3 Å². The smallest absolute Gasteiger partial charge is 0.308 e. The van der Waals surface area contributed by atoms with Crippen molar-refractivity contribution in [2.75, 3.05) is 39.8 Å². The van der Waals surface area contributed by atoms with Crippen molar-refractivity contribution >= 4 is 11.8 Å². The Bertz CT molecular complexity index is 1120. The Morgan fingerprint density at radius 3 is 2.24 bits per heavy atom. The van der Waals surface area contributed by atoms with Gasteiger partial charge in [0.1, 0.15) is 12.2 Å². The lowest BCUT2D eigenvalue weighted by Crippen LogP contribution is -2.63. The molecule has 7 unspecified atom stereocenters. The number of likely N-dealkylation sites (N-methyl/N-ethyl adjacent to an activating group) is 1. The number of carbonyl (C=O) groups excluding carboxylic acids is 2. The van der Waals surface area contributed by atoms with Gasteiger partial charge < -0.3 is 39.5 Å². The zero-order valence-electron chi connectivity index (χ0n) is 32.1. The van der Waals surface area contributed by atoms with Crippen LogP contribution in [0, 0.1) is 35.5 Å². The van der Waals surface area contributed by atoms with Crippen molar-refractivity contribution in [2.24, 2.45) is 35.5 Å². The van der Waals surface area contributed by atoms with Gasteiger partial charge in [-0.3, -0.25) is 14.5 Å². The molecule has 0 saturated carbocycles. The third-order valence-electron chi connectivity index (χ3n) is 11.3. The number of aliphatic hydroxyl groups excluding tert-OH is 4. The van der Waals surface area contributed by atoms with E-state index in [1.54, 1.807) is 19.1 Å². The van der Waals surface area contributed by atoms with Crippen LogP contribution >= 0.6 is 0 Å². The largest absolute Gasteiger partial charge is 0.462 e. The van der Waals surface area contributed by atoms with Crippen LogP contribution in [0.3, 0.4) is 0 Å². The summed E-state index contributed by atoms with van der Waals surface area (Å²) in [7, 11) is 1.84. The van der Waals surface area contributed by atoms with Gasteiger partial charge >= 0.3 is 5.97 Å². The lowest BCUT2D eigenvalue weighted by atomic mass is 9.79. The molecule has 2 saturated heterocycles. The Kier molecular flexibility index (Phi) is 17.0. The Morgan fingerprint density at radius 2 is 1.64 bits per heavy atom. The third-order valence-corrected chi connectivity index (χ3v) is 11.3. The van der Waals surface area contributed by atoms with E-state index in [-0.39, 0.29) is 30.6 Å². The quantitative estimate of drug-likeness (QED) is 0.261. The maximum absolute atomic E-state index is 13.6. The van der Waals surface area contributed by atoms with Gasteiger partial charge in [0.2, 0.25) is 0 Å². The number of nitrogens with zero attached hydrogens (tertiary/aromatic N) is 2. The fourth-order valence-electron chi connectivity index (χ4n) is 8.30. The molecule has 4 N–H and O–H groups in total. The van der Waals surface area contributed by atoms with Crippen LogP contribution in [0.1, 0.15) is 87.5 Å². The lowest BCUT2D eigenvalue weighted by Gasteiger charge is -2.47. The maximum Gasteiger partial charge on any atom is 0.308 e. The molecule has 14 atom stereocenters. The number of hydrogen-bond donors (Lipinski definition) is 4. The summed E-state index contributed by atoms with van der Waals surface area (Å²) in [6.07, 6.45) is 1.25. The number of allylic oxidation sites excluding steroid dienone is 3. The molecule has 288 valence electrons. The fourth-order valence-corrected chi connectivity index (χ4v) is 8.30. The van der Waals surface area contributed by atoms with Crippen LogP contribution < -0.4 is 0 Å². The zero-order valence-corrected chi connectivity index (χ0v) is 32.1. The molecular formula is C39H68N2O9. The SMILES string of the molecule is CCC1OC(=O)C[C@@H](O)[C@H](C)[C@@H](OC2OC(C)C(O)C(N(C)CC)C2O)C(CCN2C[C@H](C)C[C@H](C)C2)C[C@@H](C)C(=O)/C=C/C(C)=C/[C@@H]1CO. The molecule has 0 aromatic rings. The van der Waals surface area contributed by atoms with Gasteiger partial charge in [0.15, 0.2) is 12.1 Å². The fraction of sp³-hybridized carbons (Fsp3) is 0.846. The second-order valence-corrected chi connectivity index (χ2v) is 15.8. The van der Waals surface area contributed by atoms with Crippen LogP contribution in [0.5, 0.6) is 0 Å². The number of ether oxygens (including phenoxy) is 3. The predicted octanol–water partition coefficient (Wildman–Crippen LogP) is 3.57. The average Bonchev–Trinajstić information content (AvgIpc) is 3.06. The van der Waals surface area contributed by atoms with E-state index in [0.29, 0.717) is 37.6 Å². The molecular weight excluding hydrogens is 640 g/mol. The Hall–Kier alpha value is -1.70. The molecule has 3 aliphatic rings. The van der Waals surface area contributed by atoms with Crippen molar-refractivity contribution in [3.63, 3.8) is 0 Å². The number of hydrogen-bond acceptors (Lipinski definition) is 11. The Labute approximate surface area is 301 Å². The molecule has 0 amide bonds. The lowest BCUT2D eigenvalue weighted by molar-refractivity contribution is -0.305. The van der Waals surface area contributed by atoms with Gasteiger partial charge in [-0.05, 0) is 83.5 Å². The molecule has 0 aliphatic carbocycles. The summed E-state index contributed by atoms with van der Waals surface area (Å²) in [6, 6.07) is -0.641. The first-order chi connectivity index (χ1) is 23.6. The summed E-state index contributed by atoms with van der Waals surface area (Å²) >= 11 is 0. The molecule has 50 heavy (non-hydrogen) atoms. The number of carbonyl (C=O) groups is 2. The summed E-state index contributed by atoms with van der Waals surface area (Å²) < 4.78 is 18.7. The van der Waals surface area contributed by atoms with E-state index >= 15 is 0 Å². The molecule has 0 aromatic carbocycles. The molecule has 0 bridgehead atoms. The second-order valence-electron chi connectivity index (χ2n) is 15.8. The predicted molar refractivity (Wildman–Crippen MR) is 193 cm³/mol. The monoisotopic (exact) mass is 708 g/mol. The van der Waals surface area contributed by atoms with Crippen molar-refractivity contribution < 1.29 is 44.2 Å². The van der Waals surface area contributed by atoms with E-state index in [2.05, 4.69) is 18.7 Å². The normalized spacial score (nSPS) is 42.2. The Morgan fingerprint density at radius 1 is 0.980 bits per heavy atom. The number of cyclic esters (lactones) is 1. The molecule has 3 aliphatic heterocycles. The van der Waals surface area contributed by atoms with Gasteiger partial charge in [-0.25, -0.2) is 0 Å². The molecule has 11 nitrogen and oxygen atoms in total. The van der Waals surface area contributed by atoms with Gasteiger partial charge in [0, 0.05) is 30.8 Å². The number of aliphatic hydroxyl groups is 4. The minimum absolute atomic E-state index is 0.0450. The van der Waals surface area contributed by atoms with Gasteiger partial charge in [0.25, 0.3) is 0 Å². The Balaban J connectivity index is 2.05. The van der Waals surface area contributed by atoms with E-state index in [9.17, 15) is 30.0 Å². The summed E-state index contributed by atoms with van der Waals surface area (Å²) in [6.45, 7) is 18.8.